The van der Waals surface area contributed by atoms with Crippen molar-refractivity contribution in [2.24, 2.45) is 0 Å². The lowest BCUT2D eigenvalue weighted by molar-refractivity contribution is 1.18. The van der Waals surface area contributed by atoms with Crippen molar-refractivity contribution in [1.82, 2.24) is 14.1 Å². The summed E-state index contributed by atoms with van der Waals surface area (Å²) in [6, 6.07) is 87.7. The molecule has 0 saturated heterocycles. The molecule has 13 rings (SSSR count). The van der Waals surface area contributed by atoms with Crippen molar-refractivity contribution >= 4 is 60.6 Å². The van der Waals surface area contributed by atoms with E-state index in [9.17, 15) is 0 Å². The highest BCUT2D eigenvalue weighted by Gasteiger charge is 2.18. The fourth-order valence-corrected chi connectivity index (χ4v) is 10.1. The Morgan fingerprint density at radius 3 is 1.62 bits per heavy atom. The predicted molar refractivity (Wildman–Crippen MR) is 290 cm³/mol. The summed E-state index contributed by atoms with van der Waals surface area (Å²) in [7, 11) is 0. The highest BCUT2D eigenvalue weighted by molar-refractivity contribution is 6.13. The predicted octanol–water partition coefficient (Wildman–Crippen LogP) is 17.7. The first-order valence-corrected chi connectivity index (χ1v) is 23.4. The molecule has 0 aliphatic carbocycles. The van der Waals surface area contributed by atoms with E-state index in [-0.39, 0.29) is 0 Å². The van der Waals surface area contributed by atoms with Crippen LogP contribution in [0.3, 0.4) is 0 Å². The Hall–Kier alpha value is -8.92. The number of hydrogen-bond donors (Lipinski definition) is 1. The average molecular weight is 870 g/mol. The van der Waals surface area contributed by atoms with Crippen LogP contribution >= 0.6 is 0 Å². The first-order valence-electron chi connectivity index (χ1n) is 23.4. The van der Waals surface area contributed by atoms with E-state index in [1.165, 1.54) is 110 Å². The summed E-state index contributed by atoms with van der Waals surface area (Å²) in [4.78, 5) is 3.22. The van der Waals surface area contributed by atoms with Crippen LogP contribution in [0.4, 0.5) is 0 Å². The van der Waals surface area contributed by atoms with Crippen molar-refractivity contribution in [1.29, 1.82) is 0 Å². The zero-order valence-electron chi connectivity index (χ0n) is 37.7. The molecule has 3 aromatic heterocycles. The molecule has 0 aliphatic heterocycles. The lowest BCUT2D eigenvalue weighted by Crippen LogP contribution is -1.97. The van der Waals surface area contributed by atoms with Gasteiger partial charge >= 0.3 is 0 Å². The number of benzene rings is 10. The lowest BCUT2D eigenvalue weighted by atomic mass is 9.98. The van der Waals surface area contributed by atoms with Gasteiger partial charge in [-0.1, -0.05) is 194 Å². The molecule has 0 saturated carbocycles. The summed E-state index contributed by atoms with van der Waals surface area (Å²) in [5.41, 5.74) is 19.2. The summed E-state index contributed by atoms with van der Waals surface area (Å²) in [5, 5.41) is 6.28. The maximum absolute atomic E-state index is 3.22. The lowest BCUT2D eigenvalue weighted by Gasteiger charge is -2.15. The monoisotopic (exact) mass is 869 g/mol. The van der Waals surface area contributed by atoms with E-state index in [0.717, 1.165) is 5.69 Å². The molecule has 3 heterocycles. The molecule has 0 bridgehead atoms. The van der Waals surface area contributed by atoms with E-state index in [1.807, 2.05) is 19.2 Å². The highest BCUT2D eigenvalue weighted by Crippen LogP contribution is 2.40. The number of nitrogens with one attached hydrogen (secondary N) is 1. The van der Waals surface area contributed by atoms with Crippen LogP contribution in [-0.4, -0.2) is 14.1 Å². The number of aromatic nitrogens is 3. The zero-order valence-corrected chi connectivity index (χ0v) is 37.7. The average Bonchev–Trinajstić information content (AvgIpc) is 4.09. The van der Waals surface area contributed by atoms with Gasteiger partial charge in [0.2, 0.25) is 0 Å². The summed E-state index contributed by atoms with van der Waals surface area (Å²) in [6.45, 7) is 2.03. The first kappa shape index (κ1) is 40.6. The van der Waals surface area contributed by atoms with Gasteiger partial charge in [0, 0.05) is 49.9 Å². The number of rotatable bonds is 7. The molecule has 0 aliphatic rings. The summed E-state index contributed by atoms with van der Waals surface area (Å²) >= 11 is 0. The number of fused-ring (bicyclic) bond motifs is 7. The molecule has 0 atom stereocenters. The van der Waals surface area contributed by atoms with E-state index in [2.05, 4.69) is 263 Å². The van der Waals surface area contributed by atoms with Crippen molar-refractivity contribution in [3.8, 4) is 55.9 Å². The van der Waals surface area contributed by atoms with Gasteiger partial charge in [-0.05, 0) is 112 Å². The number of nitrogens with zero attached hydrogens (tertiary/aromatic N) is 2. The van der Waals surface area contributed by atoms with Gasteiger partial charge in [-0.2, -0.15) is 0 Å². The normalized spacial score (nSPS) is 11.5. The van der Waals surface area contributed by atoms with Gasteiger partial charge in [-0.25, -0.2) is 0 Å². The van der Waals surface area contributed by atoms with E-state index >= 15 is 0 Å². The maximum atomic E-state index is 3.22. The van der Waals surface area contributed by atoms with Crippen LogP contribution in [0.25, 0.3) is 116 Å². The molecule has 0 spiro atoms. The van der Waals surface area contributed by atoms with Crippen LogP contribution in [0, 0.1) is 0 Å². The molecule has 3 heteroatoms. The van der Waals surface area contributed by atoms with Crippen molar-refractivity contribution < 1.29 is 0 Å². The topological polar surface area (TPSA) is 25.6 Å². The summed E-state index contributed by atoms with van der Waals surface area (Å²) in [6.07, 6.45) is 6.19. The second-order valence-corrected chi connectivity index (χ2v) is 17.3. The smallest absolute Gasteiger partial charge is 0.0547 e. The Labute approximate surface area is 396 Å². The SMILES string of the molecule is C/C=C\c1c[nH]c2ccccc12.c1ccc(-c2ccc(-n3c4ccccc4c4ccc(-c5ccc6c(c5)c5ccccc5n6-c5ccccc5-c5cccc(-c6ccccc6)c5)cc43)cc2)cc1. The third-order valence-corrected chi connectivity index (χ3v) is 13.3. The Balaban J connectivity index is 0.000000348. The second kappa shape index (κ2) is 17.5. The molecule has 0 unspecified atom stereocenters. The third-order valence-electron chi connectivity index (χ3n) is 13.3. The number of H-pyrrole nitrogens is 1. The van der Waals surface area contributed by atoms with Gasteiger partial charge in [0.25, 0.3) is 0 Å². The Morgan fingerprint density at radius 2 is 0.853 bits per heavy atom. The van der Waals surface area contributed by atoms with Crippen LogP contribution in [0.2, 0.25) is 0 Å². The number of para-hydroxylation sites is 4. The van der Waals surface area contributed by atoms with Crippen molar-refractivity contribution in [2.75, 3.05) is 0 Å². The van der Waals surface area contributed by atoms with Crippen LogP contribution in [0.1, 0.15) is 12.5 Å². The van der Waals surface area contributed by atoms with Gasteiger partial charge in [0.15, 0.2) is 0 Å². The molecule has 0 radical (unpaired) electrons. The van der Waals surface area contributed by atoms with Crippen molar-refractivity contribution in [2.45, 2.75) is 6.92 Å². The Kier molecular flexibility index (Phi) is 10.4. The molecule has 10 aromatic carbocycles. The van der Waals surface area contributed by atoms with Crippen LogP contribution < -0.4 is 0 Å². The minimum Gasteiger partial charge on any atom is -0.361 e. The number of hydrogen-bond acceptors (Lipinski definition) is 0. The molecule has 68 heavy (non-hydrogen) atoms. The van der Waals surface area contributed by atoms with Crippen LogP contribution in [0.15, 0.2) is 255 Å². The zero-order chi connectivity index (χ0) is 45.4. The fourth-order valence-electron chi connectivity index (χ4n) is 10.1. The molecular weight excluding hydrogens is 823 g/mol. The number of allylic oxidation sites excluding steroid dienone is 1. The largest absolute Gasteiger partial charge is 0.361 e. The highest BCUT2D eigenvalue weighted by atomic mass is 15.0. The van der Waals surface area contributed by atoms with E-state index in [1.54, 1.807) is 0 Å². The molecule has 0 fully saturated rings. The standard InChI is InChI=1S/C54H36N2.C11H11N/c1-3-14-37(15-4-1)39-26-30-44(31-27-39)55-51-24-11-8-21-46(51)48-32-28-42(36-54(48)55)41-29-33-53-49(35-41)47-22-9-12-25-52(47)56(53)50-23-10-7-20-45(50)43-19-13-18-40(34-43)38-16-5-2-6-17-38;1-2-5-9-8-12-11-7-4-3-6-10(9)11/h1-36H;2-8,12H,1H3/b;5-2-. The minimum atomic E-state index is 1.15. The van der Waals surface area contributed by atoms with Crippen molar-refractivity contribution in [3.05, 3.63) is 260 Å². The molecule has 13 aromatic rings. The van der Waals surface area contributed by atoms with Crippen LogP contribution in [-0.2, 0) is 0 Å². The molecular formula is C65H47N3. The maximum Gasteiger partial charge on any atom is 0.0547 e. The second-order valence-electron chi connectivity index (χ2n) is 17.3. The minimum absolute atomic E-state index is 1.15. The van der Waals surface area contributed by atoms with Crippen LogP contribution in [0.5, 0.6) is 0 Å². The first-order chi connectivity index (χ1) is 33.7. The molecule has 322 valence electrons. The van der Waals surface area contributed by atoms with E-state index in [4.69, 9.17) is 0 Å². The van der Waals surface area contributed by atoms with Gasteiger partial charge < -0.3 is 14.1 Å². The quantitative estimate of drug-likeness (QED) is 0.165. The van der Waals surface area contributed by atoms with Gasteiger partial charge in [0.1, 0.15) is 0 Å². The van der Waals surface area contributed by atoms with Gasteiger partial charge in [0.05, 0.1) is 27.8 Å². The summed E-state index contributed by atoms with van der Waals surface area (Å²) in [5.74, 6) is 0. The fraction of sp³-hybridized carbons (Fsp3) is 0.0154. The molecule has 3 nitrogen and oxygen atoms in total. The molecule has 1 N–H and O–H groups in total. The van der Waals surface area contributed by atoms with Gasteiger partial charge in [-0.15, -0.1) is 0 Å². The van der Waals surface area contributed by atoms with Gasteiger partial charge in [-0.3, -0.25) is 0 Å². The third kappa shape index (κ3) is 7.28. The van der Waals surface area contributed by atoms with E-state index < -0.39 is 0 Å². The Bertz CT molecular complexity index is 3960. The summed E-state index contributed by atoms with van der Waals surface area (Å²) < 4.78 is 4.86. The molecule has 0 amide bonds. The number of aromatic amines is 1. The van der Waals surface area contributed by atoms with E-state index in [0.29, 0.717) is 0 Å². The Morgan fingerprint density at radius 1 is 0.338 bits per heavy atom. The van der Waals surface area contributed by atoms with Crippen molar-refractivity contribution in [3.63, 3.8) is 0 Å².